The molecule has 3 heterocycles. The molecule has 0 radical (unpaired) electrons. The van der Waals surface area contributed by atoms with E-state index in [-0.39, 0.29) is 5.78 Å². The number of hydrazone groups is 1. The molecular weight excluding hydrogens is 468 g/mol. The van der Waals surface area contributed by atoms with Crippen molar-refractivity contribution in [1.82, 2.24) is 5.01 Å². The Balaban J connectivity index is 1.87. The largest absolute Gasteiger partial charge is 0.422 e. The van der Waals surface area contributed by atoms with E-state index in [1.54, 1.807) is 56.3 Å². The van der Waals surface area contributed by atoms with E-state index in [0.29, 0.717) is 16.1 Å². The summed E-state index contributed by atoms with van der Waals surface area (Å²) >= 11 is 6.67. The Labute approximate surface area is 209 Å². The molecule has 0 saturated carbocycles. The van der Waals surface area contributed by atoms with Crippen molar-refractivity contribution >= 4 is 35.5 Å². The molecule has 2 saturated heterocycles. The Morgan fingerprint density at radius 3 is 2.14 bits per heavy atom. The van der Waals surface area contributed by atoms with Crippen molar-refractivity contribution in [3.8, 4) is 0 Å². The van der Waals surface area contributed by atoms with Crippen LogP contribution in [0.5, 0.6) is 0 Å². The number of rotatable bonds is 2. The fraction of sp³-hybridized carbons (Fsp3) is 0.407. The molecular formula is C27H27ClN2O5. The Morgan fingerprint density at radius 2 is 1.54 bits per heavy atom. The van der Waals surface area contributed by atoms with Gasteiger partial charge in [0.15, 0.2) is 5.78 Å². The number of cyclic esters (lactones) is 2. The number of carbonyl (C=O) groups is 3. The Bertz CT molecular complexity index is 1260. The van der Waals surface area contributed by atoms with Gasteiger partial charge in [0.05, 0.1) is 6.21 Å². The fourth-order valence-electron chi connectivity index (χ4n) is 5.53. The van der Waals surface area contributed by atoms with Crippen LogP contribution in [-0.2, 0) is 23.9 Å². The smallest absolute Gasteiger partial charge is 0.330 e. The number of hydrogen-bond acceptors (Lipinski definition) is 7. The lowest BCUT2D eigenvalue weighted by molar-refractivity contribution is -0.254. The number of fused-ring (bicyclic) bond motifs is 4. The maximum absolute atomic E-state index is 14.1. The van der Waals surface area contributed by atoms with Crippen molar-refractivity contribution in [1.29, 1.82) is 0 Å². The minimum atomic E-state index is -1.90. The number of carbonyl (C=O) groups excluding carboxylic acids is 3. The molecule has 8 heteroatoms. The van der Waals surface area contributed by atoms with Crippen LogP contribution in [0.1, 0.15) is 63.3 Å². The van der Waals surface area contributed by atoms with Gasteiger partial charge in [0, 0.05) is 30.2 Å². The summed E-state index contributed by atoms with van der Waals surface area (Å²) in [7, 11) is 0. The molecule has 2 aromatic carbocycles. The van der Waals surface area contributed by atoms with Crippen molar-refractivity contribution < 1.29 is 23.9 Å². The monoisotopic (exact) mass is 494 g/mol. The van der Waals surface area contributed by atoms with Crippen molar-refractivity contribution in [2.24, 2.45) is 15.9 Å². The zero-order valence-corrected chi connectivity index (χ0v) is 21.0. The number of ether oxygens (including phenoxy) is 2. The van der Waals surface area contributed by atoms with Crippen LogP contribution >= 0.6 is 11.6 Å². The number of hydrogen-bond donors (Lipinski definition) is 0. The molecule has 3 atom stereocenters. The number of halogens is 1. The first kappa shape index (κ1) is 23.5. The Kier molecular flexibility index (Phi) is 5.15. The number of Topliss-reactive ketones (excluding diaryl/α,β-unsaturated/α-hetero) is 1. The molecule has 0 aromatic heterocycles. The summed E-state index contributed by atoms with van der Waals surface area (Å²) in [6.45, 7) is 8.44. The molecule has 0 amide bonds. The molecule has 1 spiro atoms. The zero-order chi connectivity index (χ0) is 25.3. The van der Waals surface area contributed by atoms with Crippen LogP contribution in [0.25, 0.3) is 0 Å². The zero-order valence-electron chi connectivity index (χ0n) is 20.2. The first-order valence-corrected chi connectivity index (χ1v) is 11.9. The third-order valence-corrected chi connectivity index (χ3v) is 7.35. The number of esters is 2. The van der Waals surface area contributed by atoms with Crippen LogP contribution in [0.3, 0.4) is 0 Å². The third kappa shape index (κ3) is 3.32. The number of nitrogens with zero attached hydrogens (tertiary/aromatic N) is 2. The van der Waals surface area contributed by atoms with Gasteiger partial charge in [-0.15, -0.1) is 0 Å². The predicted molar refractivity (Wildman–Crippen MR) is 130 cm³/mol. The van der Waals surface area contributed by atoms with E-state index in [2.05, 4.69) is 5.10 Å². The van der Waals surface area contributed by atoms with Crippen molar-refractivity contribution in [3.63, 3.8) is 0 Å². The van der Waals surface area contributed by atoms with Crippen LogP contribution in [0.2, 0.25) is 5.02 Å². The second-order valence-electron chi connectivity index (χ2n) is 10.8. The van der Waals surface area contributed by atoms with E-state index in [0.717, 1.165) is 5.56 Å². The average molecular weight is 495 g/mol. The lowest BCUT2D eigenvalue weighted by atomic mass is 9.64. The number of ketones is 1. The highest BCUT2D eigenvalue weighted by molar-refractivity contribution is 6.31. The van der Waals surface area contributed by atoms with Gasteiger partial charge < -0.3 is 9.47 Å². The first-order valence-electron chi connectivity index (χ1n) is 11.6. The summed E-state index contributed by atoms with van der Waals surface area (Å²) in [5.41, 5.74) is -0.765. The van der Waals surface area contributed by atoms with Crippen molar-refractivity contribution in [2.45, 2.75) is 58.4 Å². The van der Waals surface area contributed by atoms with Crippen LogP contribution < -0.4 is 0 Å². The lowest BCUT2D eigenvalue weighted by Crippen LogP contribution is -2.58. The molecule has 0 N–H and O–H groups in total. The number of benzene rings is 2. The van der Waals surface area contributed by atoms with Gasteiger partial charge in [-0.25, -0.2) is 0 Å². The Hall–Kier alpha value is -3.19. The summed E-state index contributed by atoms with van der Waals surface area (Å²) in [6, 6.07) is 12.4. The molecule has 7 nitrogen and oxygen atoms in total. The van der Waals surface area contributed by atoms with Crippen LogP contribution in [0.4, 0.5) is 0 Å². The highest BCUT2D eigenvalue weighted by atomic mass is 35.5. The van der Waals surface area contributed by atoms with Gasteiger partial charge in [0.1, 0.15) is 12.1 Å². The van der Waals surface area contributed by atoms with Gasteiger partial charge in [-0.05, 0) is 22.8 Å². The van der Waals surface area contributed by atoms with E-state index in [4.69, 9.17) is 21.1 Å². The SMILES string of the molecule is CC1(C)OC(=O)C2(C(=O)O1)[C@H](c1ccccc1Cl)[C@@H](C(=O)C(C)(C)C)N1N=Cc3ccccc3[C@@H]12. The quantitative estimate of drug-likeness (QED) is 0.447. The predicted octanol–water partition coefficient (Wildman–Crippen LogP) is 4.63. The highest BCUT2D eigenvalue weighted by Gasteiger charge is 2.75. The fourth-order valence-corrected chi connectivity index (χ4v) is 5.78. The van der Waals surface area contributed by atoms with E-state index in [1.165, 1.54) is 13.8 Å². The second kappa shape index (κ2) is 7.65. The maximum atomic E-state index is 14.1. The molecule has 35 heavy (non-hydrogen) atoms. The van der Waals surface area contributed by atoms with Gasteiger partial charge in [-0.3, -0.25) is 19.4 Å². The normalized spacial score (nSPS) is 26.1. The van der Waals surface area contributed by atoms with Gasteiger partial charge in [0.2, 0.25) is 5.41 Å². The summed E-state index contributed by atoms with van der Waals surface area (Å²) in [4.78, 5) is 42.2. The van der Waals surface area contributed by atoms with E-state index in [9.17, 15) is 14.4 Å². The molecule has 0 aliphatic carbocycles. The standard InChI is InChI=1S/C27H27ClN2O5/c1-25(2,3)22(31)20-19(17-12-8-9-13-18(17)28)27(23(32)34-26(4,5)35-24(27)33)21-16-11-7-6-10-15(16)14-29-30(20)21/h6-14,19-21H,1-5H3/t19-,20+,21-/m1/s1. The van der Waals surface area contributed by atoms with Crippen molar-refractivity contribution in [3.05, 3.63) is 70.2 Å². The molecule has 182 valence electrons. The third-order valence-electron chi connectivity index (χ3n) is 7.01. The molecule has 0 bridgehead atoms. The van der Waals surface area contributed by atoms with Gasteiger partial charge in [0.25, 0.3) is 5.79 Å². The van der Waals surface area contributed by atoms with Crippen LogP contribution in [0, 0.1) is 10.8 Å². The molecule has 2 fully saturated rings. The van der Waals surface area contributed by atoms with Crippen molar-refractivity contribution in [2.75, 3.05) is 0 Å². The van der Waals surface area contributed by atoms with Gasteiger partial charge in [-0.1, -0.05) is 74.8 Å². The minimum Gasteiger partial charge on any atom is -0.422 e. The summed E-state index contributed by atoms with van der Waals surface area (Å²) in [5.74, 6) is -4.12. The lowest BCUT2D eigenvalue weighted by Gasteiger charge is -2.44. The minimum absolute atomic E-state index is 0.175. The Morgan fingerprint density at radius 1 is 0.971 bits per heavy atom. The topological polar surface area (TPSA) is 85.3 Å². The van der Waals surface area contributed by atoms with E-state index < -0.39 is 46.6 Å². The van der Waals surface area contributed by atoms with Gasteiger partial charge in [-0.2, -0.15) is 5.10 Å². The average Bonchev–Trinajstić information content (AvgIpc) is 3.08. The van der Waals surface area contributed by atoms with Crippen LogP contribution in [-0.4, -0.2) is 40.8 Å². The summed E-state index contributed by atoms with van der Waals surface area (Å²) in [6.07, 6.45) is 1.65. The molecule has 5 rings (SSSR count). The highest BCUT2D eigenvalue weighted by Crippen LogP contribution is 2.63. The summed E-state index contributed by atoms with van der Waals surface area (Å²) < 4.78 is 11.5. The second-order valence-corrected chi connectivity index (χ2v) is 11.2. The molecule has 2 aromatic rings. The molecule has 0 unspecified atom stereocenters. The van der Waals surface area contributed by atoms with E-state index >= 15 is 0 Å². The molecule has 3 aliphatic rings. The molecule has 3 aliphatic heterocycles. The maximum Gasteiger partial charge on any atom is 0.330 e. The first-order chi connectivity index (χ1) is 16.4. The van der Waals surface area contributed by atoms with E-state index in [1.807, 2.05) is 24.3 Å². The van der Waals surface area contributed by atoms with Gasteiger partial charge >= 0.3 is 11.9 Å². The summed E-state index contributed by atoms with van der Waals surface area (Å²) in [5, 5.41) is 6.56. The van der Waals surface area contributed by atoms with Crippen LogP contribution in [0.15, 0.2) is 53.6 Å².